The van der Waals surface area contributed by atoms with Gasteiger partial charge >= 0.3 is 5.97 Å². The van der Waals surface area contributed by atoms with Crippen molar-refractivity contribution in [2.75, 3.05) is 18.6 Å². The van der Waals surface area contributed by atoms with Gasteiger partial charge in [-0.3, -0.25) is 4.79 Å². The van der Waals surface area contributed by atoms with Crippen LogP contribution in [0.15, 0.2) is 0 Å². The van der Waals surface area contributed by atoms with Gasteiger partial charge in [-0.1, -0.05) is 6.92 Å². The molecule has 0 aromatic rings. The van der Waals surface area contributed by atoms with Crippen LogP contribution in [0.1, 0.15) is 20.3 Å². The number of carbonyl (C=O) groups excluding carboxylic acids is 1. The lowest BCUT2D eigenvalue weighted by Gasteiger charge is -2.22. The van der Waals surface area contributed by atoms with E-state index in [-0.39, 0.29) is 17.9 Å². The molecule has 82 valence electrons. The Morgan fingerprint density at radius 2 is 2.29 bits per heavy atom. The molecule has 0 amide bonds. The molecule has 3 unspecified atom stereocenters. The first-order valence-electron chi connectivity index (χ1n) is 5.06. The van der Waals surface area contributed by atoms with E-state index >= 15 is 0 Å². The third kappa shape index (κ3) is 3.17. The molecule has 1 rings (SSSR count). The summed E-state index contributed by atoms with van der Waals surface area (Å²) in [5.74, 6) is 2.20. The zero-order chi connectivity index (χ0) is 10.6. The quantitative estimate of drug-likeness (QED) is 0.720. The van der Waals surface area contributed by atoms with E-state index in [0.29, 0.717) is 6.04 Å². The number of methoxy groups -OCH3 is 1. The minimum Gasteiger partial charge on any atom is -0.469 e. The molecule has 1 aliphatic rings. The first-order valence-corrected chi connectivity index (χ1v) is 6.22. The molecule has 3 atom stereocenters. The van der Waals surface area contributed by atoms with Crippen LogP contribution < -0.4 is 5.32 Å². The maximum absolute atomic E-state index is 11.3. The summed E-state index contributed by atoms with van der Waals surface area (Å²) >= 11 is 1.97. The highest BCUT2D eigenvalue weighted by Crippen LogP contribution is 2.18. The van der Waals surface area contributed by atoms with Crippen molar-refractivity contribution in [3.63, 3.8) is 0 Å². The monoisotopic (exact) mass is 217 g/mol. The van der Waals surface area contributed by atoms with Crippen LogP contribution in [0.2, 0.25) is 0 Å². The van der Waals surface area contributed by atoms with E-state index in [0.717, 1.165) is 5.75 Å². The maximum atomic E-state index is 11.3. The molecule has 1 heterocycles. The summed E-state index contributed by atoms with van der Waals surface area (Å²) < 4.78 is 4.71. The molecule has 0 spiro atoms. The van der Waals surface area contributed by atoms with E-state index in [1.807, 2.05) is 25.6 Å². The van der Waals surface area contributed by atoms with Gasteiger partial charge in [0.1, 0.15) is 0 Å². The second-order valence-electron chi connectivity index (χ2n) is 3.83. The second kappa shape index (κ2) is 5.61. The lowest BCUT2D eigenvalue weighted by molar-refractivity contribution is -0.145. The van der Waals surface area contributed by atoms with Crippen molar-refractivity contribution in [2.24, 2.45) is 5.92 Å². The summed E-state index contributed by atoms with van der Waals surface area (Å²) in [6, 6.07) is 0.772. The molecule has 0 radical (unpaired) electrons. The lowest BCUT2D eigenvalue weighted by atomic mass is 10.0. The Balaban J connectivity index is 2.32. The molecule has 0 aliphatic carbocycles. The fourth-order valence-electron chi connectivity index (χ4n) is 1.57. The molecule has 4 heteroatoms. The molecule has 3 nitrogen and oxygen atoms in total. The highest BCUT2D eigenvalue weighted by molar-refractivity contribution is 7.99. The minimum atomic E-state index is -0.129. The molecular weight excluding hydrogens is 198 g/mol. The van der Waals surface area contributed by atoms with Gasteiger partial charge in [0.15, 0.2) is 0 Å². The number of nitrogens with one attached hydrogen (secondary N) is 1. The van der Waals surface area contributed by atoms with Crippen LogP contribution in [-0.4, -0.2) is 36.7 Å². The Morgan fingerprint density at radius 1 is 1.57 bits per heavy atom. The fourth-order valence-corrected chi connectivity index (χ4v) is 2.74. The largest absolute Gasteiger partial charge is 0.469 e. The van der Waals surface area contributed by atoms with E-state index in [2.05, 4.69) is 5.32 Å². The van der Waals surface area contributed by atoms with Crippen molar-refractivity contribution in [3.8, 4) is 0 Å². The SMILES string of the molecule is COC(=O)C(C)C(C)NC1CCSC1. The van der Waals surface area contributed by atoms with Crippen LogP contribution in [0.3, 0.4) is 0 Å². The normalized spacial score (nSPS) is 25.8. The first-order chi connectivity index (χ1) is 6.65. The number of esters is 1. The van der Waals surface area contributed by atoms with E-state index in [9.17, 15) is 4.79 Å². The third-order valence-corrected chi connectivity index (χ3v) is 3.91. The first kappa shape index (κ1) is 11.9. The predicted molar refractivity (Wildman–Crippen MR) is 59.5 cm³/mol. The van der Waals surface area contributed by atoms with Crippen molar-refractivity contribution >= 4 is 17.7 Å². The third-order valence-electron chi connectivity index (χ3n) is 2.75. The van der Waals surface area contributed by atoms with Crippen LogP contribution >= 0.6 is 11.8 Å². The summed E-state index contributed by atoms with van der Waals surface area (Å²) in [4.78, 5) is 11.3. The Hall–Kier alpha value is -0.220. The number of hydrogen-bond donors (Lipinski definition) is 1. The van der Waals surface area contributed by atoms with Gasteiger partial charge in [0, 0.05) is 17.8 Å². The van der Waals surface area contributed by atoms with Crippen LogP contribution in [0, 0.1) is 5.92 Å². The van der Waals surface area contributed by atoms with Crippen molar-refractivity contribution in [3.05, 3.63) is 0 Å². The van der Waals surface area contributed by atoms with Gasteiger partial charge in [0.2, 0.25) is 0 Å². The van der Waals surface area contributed by atoms with Gasteiger partial charge < -0.3 is 10.1 Å². The lowest BCUT2D eigenvalue weighted by Crippen LogP contribution is -2.42. The maximum Gasteiger partial charge on any atom is 0.309 e. The molecule has 1 N–H and O–H groups in total. The number of rotatable bonds is 4. The predicted octanol–water partition coefficient (Wildman–Crippen LogP) is 1.28. The smallest absolute Gasteiger partial charge is 0.309 e. The van der Waals surface area contributed by atoms with Gasteiger partial charge in [0.05, 0.1) is 13.0 Å². The molecule has 0 aromatic carbocycles. The van der Waals surface area contributed by atoms with E-state index in [1.54, 1.807) is 0 Å². The number of ether oxygens (including phenoxy) is 1. The van der Waals surface area contributed by atoms with E-state index < -0.39 is 0 Å². The number of carbonyl (C=O) groups is 1. The summed E-state index contributed by atoms with van der Waals surface area (Å²) in [5, 5.41) is 3.47. The minimum absolute atomic E-state index is 0.0643. The summed E-state index contributed by atoms with van der Waals surface area (Å²) in [7, 11) is 1.44. The van der Waals surface area contributed by atoms with Crippen molar-refractivity contribution in [1.82, 2.24) is 5.32 Å². The Labute approximate surface area is 90.0 Å². The Morgan fingerprint density at radius 3 is 2.79 bits per heavy atom. The van der Waals surface area contributed by atoms with Gasteiger partial charge in [0.25, 0.3) is 0 Å². The molecule has 14 heavy (non-hydrogen) atoms. The van der Waals surface area contributed by atoms with E-state index in [4.69, 9.17) is 4.74 Å². The molecule has 1 fully saturated rings. The molecule has 1 aliphatic heterocycles. The van der Waals surface area contributed by atoms with Gasteiger partial charge in [-0.25, -0.2) is 0 Å². The highest BCUT2D eigenvalue weighted by Gasteiger charge is 2.24. The average molecular weight is 217 g/mol. The Bertz CT molecular complexity index is 193. The number of thioether (sulfide) groups is 1. The fraction of sp³-hybridized carbons (Fsp3) is 0.900. The van der Waals surface area contributed by atoms with Crippen molar-refractivity contribution < 1.29 is 9.53 Å². The van der Waals surface area contributed by atoms with Crippen LogP contribution in [0.5, 0.6) is 0 Å². The molecule has 0 aromatic heterocycles. The summed E-state index contributed by atoms with van der Waals surface area (Å²) in [6.45, 7) is 3.95. The van der Waals surface area contributed by atoms with Crippen molar-refractivity contribution in [2.45, 2.75) is 32.4 Å². The van der Waals surface area contributed by atoms with Crippen LogP contribution in [0.4, 0.5) is 0 Å². The molecular formula is C10H19NO2S. The van der Waals surface area contributed by atoms with E-state index in [1.165, 1.54) is 19.3 Å². The second-order valence-corrected chi connectivity index (χ2v) is 4.98. The van der Waals surface area contributed by atoms with Crippen molar-refractivity contribution in [1.29, 1.82) is 0 Å². The summed E-state index contributed by atoms with van der Waals surface area (Å²) in [5.41, 5.74) is 0. The average Bonchev–Trinajstić information content (AvgIpc) is 2.68. The summed E-state index contributed by atoms with van der Waals surface area (Å²) in [6.07, 6.45) is 1.21. The molecule has 0 saturated carbocycles. The molecule has 0 bridgehead atoms. The standard InChI is InChI=1S/C10H19NO2S/c1-7(10(12)13-3)8(2)11-9-4-5-14-6-9/h7-9,11H,4-6H2,1-3H3. The highest BCUT2D eigenvalue weighted by atomic mass is 32.2. The van der Waals surface area contributed by atoms with Crippen LogP contribution in [-0.2, 0) is 9.53 Å². The Kier molecular flexibility index (Phi) is 4.75. The van der Waals surface area contributed by atoms with Gasteiger partial charge in [-0.2, -0.15) is 11.8 Å². The molecule has 1 saturated heterocycles. The van der Waals surface area contributed by atoms with Crippen LogP contribution in [0.25, 0.3) is 0 Å². The zero-order valence-electron chi connectivity index (χ0n) is 9.08. The van der Waals surface area contributed by atoms with Gasteiger partial charge in [-0.15, -0.1) is 0 Å². The zero-order valence-corrected chi connectivity index (χ0v) is 9.89. The topological polar surface area (TPSA) is 38.3 Å². The van der Waals surface area contributed by atoms with Gasteiger partial charge in [-0.05, 0) is 19.1 Å². The number of hydrogen-bond acceptors (Lipinski definition) is 4.